The molecule has 0 aliphatic rings. The second kappa shape index (κ2) is 6.57. The van der Waals surface area contributed by atoms with Gasteiger partial charge in [-0.2, -0.15) is 0 Å². The van der Waals surface area contributed by atoms with Crippen molar-refractivity contribution < 1.29 is 0 Å². The van der Waals surface area contributed by atoms with E-state index in [4.69, 9.17) is 5.73 Å². The van der Waals surface area contributed by atoms with Crippen LogP contribution in [0.15, 0.2) is 24.3 Å². The summed E-state index contributed by atoms with van der Waals surface area (Å²) in [7, 11) is 0. The van der Waals surface area contributed by atoms with Gasteiger partial charge in [0.15, 0.2) is 0 Å². The van der Waals surface area contributed by atoms with Gasteiger partial charge >= 0.3 is 0 Å². The van der Waals surface area contributed by atoms with Crippen molar-refractivity contribution in [1.82, 2.24) is 5.32 Å². The Morgan fingerprint density at radius 1 is 1.29 bits per heavy atom. The molecular weight excluding hydrogens is 172 g/mol. The lowest BCUT2D eigenvalue weighted by Gasteiger charge is -2.05. The van der Waals surface area contributed by atoms with Gasteiger partial charge in [-0.15, -0.1) is 0 Å². The second-order valence-electron chi connectivity index (χ2n) is 3.49. The van der Waals surface area contributed by atoms with Gasteiger partial charge in [0.2, 0.25) is 0 Å². The predicted molar refractivity (Wildman–Crippen MR) is 61.2 cm³/mol. The first-order chi connectivity index (χ1) is 6.86. The van der Waals surface area contributed by atoms with Crippen LogP contribution in [0.25, 0.3) is 0 Å². The first-order valence-corrected chi connectivity index (χ1v) is 5.35. The summed E-state index contributed by atoms with van der Waals surface area (Å²) in [6, 6.07) is 8.71. The van der Waals surface area contributed by atoms with E-state index in [2.05, 4.69) is 36.5 Å². The lowest BCUT2D eigenvalue weighted by molar-refractivity contribution is 0.655. The van der Waals surface area contributed by atoms with Crippen molar-refractivity contribution in [2.24, 2.45) is 5.73 Å². The van der Waals surface area contributed by atoms with E-state index in [1.165, 1.54) is 11.1 Å². The van der Waals surface area contributed by atoms with Crippen molar-refractivity contribution in [3.8, 4) is 0 Å². The molecule has 0 fully saturated rings. The average Bonchev–Trinajstić information content (AvgIpc) is 2.25. The van der Waals surface area contributed by atoms with Crippen LogP contribution in [0.5, 0.6) is 0 Å². The Morgan fingerprint density at radius 3 is 2.79 bits per heavy atom. The third-order valence-electron chi connectivity index (χ3n) is 2.29. The fourth-order valence-electron chi connectivity index (χ4n) is 1.42. The van der Waals surface area contributed by atoms with Crippen LogP contribution in [0.2, 0.25) is 0 Å². The van der Waals surface area contributed by atoms with Gasteiger partial charge in [-0.05, 0) is 37.1 Å². The maximum atomic E-state index is 5.41. The molecule has 14 heavy (non-hydrogen) atoms. The van der Waals surface area contributed by atoms with Crippen LogP contribution < -0.4 is 11.1 Å². The molecular formula is C12H20N2. The third kappa shape index (κ3) is 3.90. The smallest absolute Gasteiger partial charge is 0.0205 e. The first kappa shape index (κ1) is 11.2. The molecule has 0 atom stereocenters. The summed E-state index contributed by atoms with van der Waals surface area (Å²) >= 11 is 0. The second-order valence-corrected chi connectivity index (χ2v) is 3.49. The number of aryl methyl sites for hydroxylation is 1. The Kier molecular flexibility index (Phi) is 5.27. The molecule has 0 spiro atoms. The number of hydrogen-bond donors (Lipinski definition) is 2. The molecule has 2 nitrogen and oxygen atoms in total. The first-order valence-electron chi connectivity index (χ1n) is 5.35. The molecule has 1 aromatic rings. The van der Waals surface area contributed by atoms with Crippen molar-refractivity contribution in [3.63, 3.8) is 0 Å². The molecule has 0 saturated heterocycles. The van der Waals surface area contributed by atoms with Crippen molar-refractivity contribution >= 4 is 0 Å². The lowest BCUT2D eigenvalue weighted by atomic mass is 10.1. The van der Waals surface area contributed by atoms with E-state index >= 15 is 0 Å². The Morgan fingerprint density at radius 2 is 2.07 bits per heavy atom. The Hall–Kier alpha value is -0.860. The van der Waals surface area contributed by atoms with Crippen LogP contribution >= 0.6 is 0 Å². The summed E-state index contributed by atoms with van der Waals surface area (Å²) < 4.78 is 0. The van der Waals surface area contributed by atoms with Crippen molar-refractivity contribution in [2.75, 3.05) is 13.1 Å². The highest BCUT2D eigenvalue weighted by molar-refractivity contribution is 5.23. The average molecular weight is 192 g/mol. The van der Waals surface area contributed by atoms with Crippen LogP contribution in [0, 0.1) is 0 Å². The zero-order valence-corrected chi connectivity index (χ0v) is 8.92. The minimum absolute atomic E-state index is 0.766. The van der Waals surface area contributed by atoms with Gasteiger partial charge in [0.1, 0.15) is 0 Å². The maximum absolute atomic E-state index is 5.41. The molecule has 0 aliphatic heterocycles. The molecule has 3 N–H and O–H groups in total. The number of rotatable bonds is 6. The minimum Gasteiger partial charge on any atom is -0.330 e. The molecule has 0 unspecified atom stereocenters. The topological polar surface area (TPSA) is 38.0 Å². The summed E-state index contributed by atoms with van der Waals surface area (Å²) in [6.07, 6.45) is 2.16. The van der Waals surface area contributed by atoms with E-state index in [1.54, 1.807) is 0 Å². The third-order valence-corrected chi connectivity index (χ3v) is 2.29. The number of hydrogen-bond acceptors (Lipinski definition) is 2. The van der Waals surface area contributed by atoms with Gasteiger partial charge < -0.3 is 11.1 Å². The summed E-state index contributed by atoms with van der Waals surface area (Å²) in [5, 5.41) is 3.37. The molecule has 1 aromatic carbocycles. The highest BCUT2D eigenvalue weighted by atomic mass is 14.8. The van der Waals surface area contributed by atoms with E-state index in [-0.39, 0.29) is 0 Å². The summed E-state index contributed by atoms with van der Waals surface area (Å²) in [6.45, 7) is 4.91. The van der Waals surface area contributed by atoms with E-state index < -0.39 is 0 Å². The van der Waals surface area contributed by atoms with Gasteiger partial charge in [0.05, 0.1) is 0 Å². The molecule has 0 saturated carbocycles. The summed E-state index contributed by atoms with van der Waals surface area (Å²) in [5.41, 5.74) is 8.18. The van der Waals surface area contributed by atoms with E-state index in [9.17, 15) is 0 Å². The van der Waals surface area contributed by atoms with Crippen LogP contribution in [-0.2, 0) is 13.0 Å². The van der Waals surface area contributed by atoms with Crippen molar-refractivity contribution in [2.45, 2.75) is 26.3 Å². The zero-order valence-electron chi connectivity index (χ0n) is 8.92. The van der Waals surface area contributed by atoms with Gasteiger partial charge in [-0.3, -0.25) is 0 Å². The Bertz CT molecular complexity index is 258. The van der Waals surface area contributed by atoms with Gasteiger partial charge in [0, 0.05) is 6.54 Å². The quantitative estimate of drug-likeness (QED) is 0.673. The molecule has 0 aromatic heterocycles. The number of nitrogens with two attached hydrogens (primary N) is 1. The largest absolute Gasteiger partial charge is 0.330 e. The zero-order chi connectivity index (χ0) is 10.2. The normalized spacial score (nSPS) is 10.4. The highest BCUT2D eigenvalue weighted by Gasteiger charge is 1.93. The maximum Gasteiger partial charge on any atom is 0.0205 e. The molecule has 0 radical (unpaired) electrons. The van der Waals surface area contributed by atoms with E-state index in [1.807, 2.05) is 0 Å². The Labute approximate surface area is 86.5 Å². The monoisotopic (exact) mass is 192 g/mol. The fourth-order valence-corrected chi connectivity index (χ4v) is 1.42. The van der Waals surface area contributed by atoms with Crippen LogP contribution in [0.1, 0.15) is 24.5 Å². The molecule has 0 aliphatic carbocycles. The van der Waals surface area contributed by atoms with Crippen LogP contribution in [0.3, 0.4) is 0 Å². The van der Waals surface area contributed by atoms with E-state index in [0.717, 1.165) is 32.5 Å². The van der Waals surface area contributed by atoms with Crippen molar-refractivity contribution in [3.05, 3.63) is 35.4 Å². The fraction of sp³-hybridized carbons (Fsp3) is 0.500. The van der Waals surface area contributed by atoms with E-state index in [0.29, 0.717) is 0 Å². The molecule has 0 bridgehead atoms. The standard InChI is InChI=1S/C12H20N2/c1-2-11-5-3-6-12(9-11)10-14-8-4-7-13/h3,5-6,9,14H,2,4,7-8,10,13H2,1H3. The number of nitrogens with one attached hydrogen (secondary N) is 1. The molecule has 0 heterocycles. The van der Waals surface area contributed by atoms with Crippen molar-refractivity contribution in [1.29, 1.82) is 0 Å². The van der Waals surface area contributed by atoms with Gasteiger partial charge in [-0.1, -0.05) is 31.2 Å². The van der Waals surface area contributed by atoms with Gasteiger partial charge in [-0.25, -0.2) is 0 Å². The SMILES string of the molecule is CCc1cccc(CNCCCN)c1. The van der Waals surface area contributed by atoms with Gasteiger partial charge in [0.25, 0.3) is 0 Å². The van der Waals surface area contributed by atoms with Crippen LogP contribution in [-0.4, -0.2) is 13.1 Å². The molecule has 1 rings (SSSR count). The summed E-state index contributed by atoms with van der Waals surface area (Å²) in [5.74, 6) is 0. The molecule has 2 heteroatoms. The molecule has 78 valence electrons. The molecule has 0 amide bonds. The number of benzene rings is 1. The lowest BCUT2D eigenvalue weighted by Crippen LogP contribution is -2.17. The Balaban J connectivity index is 2.34. The predicted octanol–water partition coefficient (Wildman–Crippen LogP) is 1.69. The summed E-state index contributed by atoms with van der Waals surface area (Å²) in [4.78, 5) is 0. The van der Waals surface area contributed by atoms with Crippen LogP contribution in [0.4, 0.5) is 0 Å². The minimum atomic E-state index is 0.766. The highest BCUT2D eigenvalue weighted by Crippen LogP contribution is 2.05.